The van der Waals surface area contributed by atoms with Crippen molar-refractivity contribution in [3.63, 3.8) is 0 Å². The summed E-state index contributed by atoms with van der Waals surface area (Å²) < 4.78 is 0. The van der Waals surface area contributed by atoms with Crippen LogP contribution in [0.4, 0.5) is 0 Å². The van der Waals surface area contributed by atoms with Crippen LogP contribution in [0.5, 0.6) is 0 Å². The minimum atomic E-state index is -0.190. The topological polar surface area (TPSA) is 51.8 Å². The Balaban J connectivity index is 1.91. The van der Waals surface area contributed by atoms with Gasteiger partial charge in [0.2, 0.25) is 0 Å². The van der Waals surface area contributed by atoms with E-state index in [4.69, 9.17) is 5.73 Å². The normalized spacial score (nSPS) is 38.5. The van der Waals surface area contributed by atoms with Crippen molar-refractivity contribution >= 4 is 0 Å². The molecule has 2 N–H and O–H groups in total. The Bertz CT molecular complexity index is 359. The van der Waals surface area contributed by atoms with Crippen molar-refractivity contribution in [2.45, 2.75) is 38.1 Å². The van der Waals surface area contributed by atoms with Gasteiger partial charge in [-0.2, -0.15) is 0 Å². The Kier molecular flexibility index (Phi) is 1.87. The smallest absolute Gasteiger partial charge is 0.148 e. The fraction of sp³-hybridized carbons (Fsp3) is 0.667. The van der Waals surface area contributed by atoms with Crippen molar-refractivity contribution in [2.24, 2.45) is 17.6 Å². The fourth-order valence-corrected chi connectivity index (χ4v) is 3.12. The van der Waals surface area contributed by atoms with Gasteiger partial charge in [0, 0.05) is 12.4 Å². The highest BCUT2D eigenvalue weighted by atomic mass is 15.0. The summed E-state index contributed by atoms with van der Waals surface area (Å²) in [6.07, 6.45) is 8.93. The van der Waals surface area contributed by atoms with Crippen LogP contribution in [0.3, 0.4) is 0 Å². The first-order valence-corrected chi connectivity index (χ1v) is 5.81. The molecule has 80 valence electrons. The molecule has 3 heteroatoms. The monoisotopic (exact) mass is 203 g/mol. The summed E-state index contributed by atoms with van der Waals surface area (Å²) in [4.78, 5) is 8.80. The molecular formula is C12H17N3. The Labute approximate surface area is 90.1 Å². The second kappa shape index (κ2) is 3.01. The highest BCUT2D eigenvalue weighted by Crippen LogP contribution is 2.61. The molecule has 3 nitrogen and oxygen atoms in total. The predicted octanol–water partition coefficient (Wildman–Crippen LogP) is 1.76. The molecule has 1 aromatic heterocycles. The van der Waals surface area contributed by atoms with Gasteiger partial charge in [0.05, 0.1) is 5.54 Å². The van der Waals surface area contributed by atoms with Crippen molar-refractivity contribution in [1.82, 2.24) is 9.97 Å². The van der Waals surface area contributed by atoms with E-state index in [1.54, 1.807) is 0 Å². The summed E-state index contributed by atoms with van der Waals surface area (Å²) >= 11 is 0. The number of fused-ring (bicyclic) bond motifs is 1. The standard InChI is InChI=1S/C12H17N3/c1-8-6-14-11(15-7-8)12(13)9-4-2-3-5-10(9)12/h6-7,9-10H,2-5,13H2,1H3. The molecule has 1 heterocycles. The van der Waals surface area contributed by atoms with E-state index in [2.05, 4.69) is 9.97 Å². The third-order valence-electron chi connectivity index (χ3n) is 4.05. The number of hydrogen-bond donors (Lipinski definition) is 1. The number of hydrogen-bond acceptors (Lipinski definition) is 3. The van der Waals surface area contributed by atoms with Crippen molar-refractivity contribution in [1.29, 1.82) is 0 Å². The molecule has 0 radical (unpaired) electrons. The van der Waals surface area contributed by atoms with Crippen molar-refractivity contribution < 1.29 is 0 Å². The molecule has 2 unspecified atom stereocenters. The molecule has 2 saturated carbocycles. The van der Waals surface area contributed by atoms with Gasteiger partial charge < -0.3 is 5.73 Å². The zero-order valence-corrected chi connectivity index (χ0v) is 9.11. The maximum absolute atomic E-state index is 6.44. The Hall–Kier alpha value is -0.960. The molecule has 0 aliphatic heterocycles. The highest BCUT2D eigenvalue weighted by molar-refractivity contribution is 5.25. The van der Waals surface area contributed by atoms with Gasteiger partial charge in [-0.25, -0.2) is 9.97 Å². The minimum absolute atomic E-state index is 0.190. The lowest BCUT2D eigenvalue weighted by molar-refractivity contribution is 0.480. The molecule has 3 rings (SSSR count). The quantitative estimate of drug-likeness (QED) is 0.756. The summed E-state index contributed by atoms with van der Waals surface area (Å²) in [5, 5.41) is 0. The van der Waals surface area contributed by atoms with Crippen LogP contribution < -0.4 is 5.73 Å². The van der Waals surface area contributed by atoms with Gasteiger partial charge in [-0.15, -0.1) is 0 Å². The van der Waals surface area contributed by atoms with Gasteiger partial charge in [-0.1, -0.05) is 12.8 Å². The van der Waals surface area contributed by atoms with E-state index in [0.29, 0.717) is 11.8 Å². The largest absolute Gasteiger partial charge is 0.318 e. The maximum atomic E-state index is 6.44. The second-order valence-electron chi connectivity index (χ2n) is 5.01. The lowest BCUT2D eigenvalue weighted by Crippen LogP contribution is -2.26. The summed E-state index contributed by atoms with van der Waals surface area (Å²) in [6.45, 7) is 2.01. The Morgan fingerprint density at radius 2 is 1.73 bits per heavy atom. The van der Waals surface area contributed by atoms with Crippen molar-refractivity contribution in [3.8, 4) is 0 Å². The average molecular weight is 203 g/mol. The fourth-order valence-electron chi connectivity index (χ4n) is 3.12. The summed E-state index contributed by atoms with van der Waals surface area (Å²) in [5.74, 6) is 2.16. The van der Waals surface area contributed by atoms with E-state index < -0.39 is 0 Å². The van der Waals surface area contributed by atoms with Gasteiger partial charge in [0.25, 0.3) is 0 Å². The number of aromatic nitrogens is 2. The zero-order chi connectivity index (χ0) is 10.5. The Morgan fingerprint density at radius 1 is 1.20 bits per heavy atom. The van der Waals surface area contributed by atoms with E-state index in [9.17, 15) is 0 Å². The second-order valence-corrected chi connectivity index (χ2v) is 5.01. The minimum Gasteiger partial charge on any atom is -0.318 e. The average Bonchev–Trinajstić information content (AvgIpc) is 2.88. The van der Waals surface area contributed by atoms with E-state index in [1.165, 1.54) is 25.7 Å². The van der Waals surface area contributed by atoms with Crippen molar-refractivity contribution in [2.75, 3.05) is 0 Å². The summed E-state index contributed by atoms with van der Waals surface area (Å²) in [6, 6.07) is 0. The van der Waals surface area contributed by atoms with Gasteiger partial charge in [0.1, 0.15) is 5.82 Å². The molecule has 0 bridgehead atoms. The lowest BCUT2D eigenvalue weighted by Gasteiger charge is -2.09. The van der Waals surface area contributed by atoms with Crippen molar-refractivity contribution in [3.05, 3.63) is 23.8 Å². The van der Waals surface area contributed by atoms with Crippen LogP contribution in [0.1, 0.15) is 37.1 Å². The van der Waals surface area contributed by atoms with Gasteiger partial charge in [-0.3, -0.25) is 0 Å². The van der Waals surface area contributed by atoms with Gasteiger partial charge >= 0.3 is 0 Å². The van der Waals surface area contributed by atoms with E-state index in [1.807, 2.05) is 19.3 Å². The van der Waals surface area contributed by atoms with E-state index in [-0.39, 0.29) is 5.54 Å². The number of nitrogens with zero attached hydrogens (tertiary/aromatic N) is 2. The Morgan fingerprint density at radius 3 is 2.27 bits per heavy atom. The van der Waals surface area contributed by atoms with Gasteiger partial charge in [0.15, 0.2) is 0 Å². The third kappa shape index (κ3) is 1.22. The lowest BCUT2D eigenvalue weighted by atomic mass is 10.0. The van der Waals surface area contributed by atoms with Crippen LogP contribution in [0.25, 0.3) is 0 Å². The summed E-state index contributed by atoms with van der Waals surface area (Å²) in [5.41, 5.74) is 7.35. The molecule has 2 atom stereocenters. The first kappa shape index (κ1) is 9.28. The molecule has 0 amide bonds. The van der Waals surface area contributed by atoms with E-state index >= 15 is 0 Å². The van der Waals surface area contributed by atoms with Crippen LogP contribution in [-0.2, 0) is 5.54 Å². The first-order valence-electron chi connectivity index (χ1n) is 5.81. The molecule has 1 aromatic rings. The van der Waals surface area contributed by atoms with Crippen LogP contribution in [-0.4, -0.2) is 9.97 Å². The molecule has 2 aliphatic rings. The van der Waals surface area contributed by atoms with Crippen LogP contribution in [0.2, 0.25) is 0 Å². The highest BCUT2D eigenvalue weighted by Gasteiger charge is 2.64. The number of rotatable bonds is 1. The third-order valence-corrected chi connectivity index (χ3v) is 4.05. The summed E-state index contributed by atoms with van der Waals surface area (Å²) in [7, 11) is 0. The van der Waals surface area contributed by atoms with Crippen LogP contribution in [0.15, 0.2) is 12.4 Å². The molecule has 15 heavy (non-hydrogen) atoms. The number of aryl methyl sites for hydroxylation is 1. The molecule has 0 aromatic carbocycles. The van der Waals surface area contributed by atoms with Gasteiger partial charge in [-0.05, 0) is 37.2 Å². The molecule has 0 spiro atoms. The zero-order valence-electron chi connectivity index (χ0n) is 9.11. The number of nitrogens with two attached hydrogens (primary N) is 1. The first-order chi connectivity index (χ1) is 7.23. The van der Waals surface area contributed by atoms with Crippen LogP contribution >= 0.6 is 0 Å². The maximum Gasteiger partial charge on any atom is 0.148 e. The molecular weight excluding hydrogens is 186 g/mol. The SMILES string of the molecule is Cc1cnc(C2(N)C3CCCCC32)nc1. The molecule has 2 aliphatic carbocycles. The van der Waals surface area contributed by atoms with E-state index in [0.717, 1.165) is 11.4 Å². The van der Waals surface area contributed by atoms with Crippen LogP contribution in [0, 0.1) is 18.8 Å². The molecule has 2 fully saturated rings. The predicted molar refractivity (Wildman–Crippen MR) is 58.1 cm³/mol. The molecule has 0 saturated heterocycles.